The molecule has 0 spiro atoms. The summed E-state index contributed by atoms with van der Waals surface area (Å²) >= 11 is 0. The summed E-state index contributed by atoms with van der Waals surface area (Å²) in [7, 11) is -3.06. The second-order valence-electron chi connectivity index (χ2n) is 4.71. The summed E-state index contributed by atoms with van der Waals surface area (Å²) in [6.45, 7) is 1.50. The molecule has 2 rings (SSSR count). The monoisotopic (exact) mass is 298 g/mol. The van der Waals surface area contributed by atoms with E-state index in [4.69, 9.17) is 5.11 Å². The van der Waals surface area contributed by atoms with Gasteiger partial charge in [0, 0.05) is 6.04 Å². The summed E-state index contributed by atoms with van der Waals surface area (Å²) in [5, 5.41) is 11.5. The van der Waals surface area contributed by atoms with Crippen LogP contribution in [0.4, 0.5) is 0 Å². The maximum atomic E-state index is 11.9. The second-order valence-corrected chi connectivity index (χ2v) is 6.94. The van der Waals surface area contributed by atoms with Crippen molar-refractivity contribution in [1.82, 2.24) is 10.3 Å². The number of pyridine rings is 1. The van der Waals surface area contributed by atoms with E-state index < -0.39 is 27.8 Å². The molecule has 0 bridgehead atoms. The molecule has 108 valence electrons. The number of amides is 1. The molecule has 1 amide bonds. The Bertz CT molecular complexity index is 668. The first-order valence-corrected chi connectivity index (χ1v) is 7.83. The lowest BCUT2D eigenvalue weighted by Gasteiger charge is -2.11. The molecule has 0 aliphatic carbocycles. The Hall–Kier alpha value is -1.96. The zero-order chi connectivity index (χ0) is 14.9. The van der Waals surface area contributed by atoms with Crippen molar-refractivity contribution in [1.29, 1.82) is 0 Å². The normalized spacial score (nSPS) is 20.6. The summed E-state index contributed by atoms with van der Waals surface area (Å²) in [6.07, 6.45) is 0.389. The number of rotatable bonds is 3. The number of hydrogen-bond acceptors (Lipinski definition) is 5. The number of sulfone groups is 1. The van der Waals surface area contributed by atoms with E-state index in [-0.39, 0.29) is 28.5 Å². The molecule has 8 heteroatoms. The number of carboxylic acid groups (broad SMARTS) is 1. The highest BCUT2D eigenvalue weighted by Gasteiger charge is 2.29. The molecule has 1 aliphatic rings. The summed E-state index contributed by atoms with van der Waals surface area (Å²) < 4.78 is 22.6. The smallest absolute Gasteiger partial charge is 0.337 e. The summed E-state index contributed by atoms with van der Waals surface area (Å²) in [5.74, 6) is -1.59. The van der Waals surface area contributed by atoms with Crippen LogP contribution < -0.4 is 5.32 Å². The van der Waals surface area contributed by atoms with Gasteiger partial charge in [0.15, 0.2) is 9.84 Å². The molecule has 1 fully saturated rings. The molecular formula is C12H14N2O5S. The highest BCUT2D eigenvalue weighted by molar-refractivity contribution is 7.91. The van der Waals surface area contributed by atoms with Gasteiger partial charge < -0.3 is 10.4 Å². The number of aromatic carboxylic acids is 1. The number of carbonyl (C=O) groups excluding carboxylic acids is 1. The number of hydrogen-bond donors (Lipinski definition) is 2. The standard InChI is InChI=1S/C12H14N2O5S/c1-7-9(12(16)17)2-3-10(13-7)11(15)14-8-4-5-20(18,19)6-8/h2-3,8H,4-6H2,1H3,(H,14,15)(H,16,17). The average molecular weight is 298 g/mol. The third kappa shape index (κ3) is 3.13. The maximum absolute atomic E-state index is 11.9. The number of nitrogens with zero attached hydrogens (tertiary/aromatic N) is 1. The Labute approximate surface area is 115 Å². The molecular weight excluding hydrogens is 284 g/mol. The molecule has 1 saturated heterocycles. The molecule has 2 N–H and O–H groups in total. The van der Waals surface area contributed by atoms with Crippen molar-refractivity contribution in [2.45, 2.75) is 19.4 Å². The van der Waals surface area contributed by atoms with Crippen LogP contribution in [0.15, 0.2) is 12.1 Å². The topological polar surface area (TPSA) is 113 Å². The van der Waals surface area contributed by atoms with Crippen molar-refractivity contribution in [2.24, 2.45) is 0 Å². The van der Waals surface area contributed by atoms with Gasteiger partial charge >= 0.3 is 5.97 Å². The van der Waals surface area contributed by atoms with Gasteiger partial charge in [-0.15, -0.1) is 0 Å². The summed E-state index contributed by atoms with van der Waals surface area (Å²) in [4.78, 5) is 26.7. The Kier molecular flexibility index (Phi) is 3.76. The van der Waals surface area contributed by atoms with Crippen LogP contribution >= 0.6 is 0 Å². The zero-order valence-electron chi connectivity index (χ0n) is 10.8. The van der Waals surface area contributed by atoms with Crippen molar-refractivity contribution in [3.63, 3.8) is 0 Å². The van der Waals surface area contributed by atoms with Crippen molar-refractivity contribution in [2.75, 3.05) is 11.5 Å². The zero-order valence-corrected chi connectivity index (χ0v) is 11.6. The quantitative estimate of drug-likeness (QED) is 0.812. The molecule has 0 radical (unpaired) electrons. The van der Waals surface area contributed by atoms with Crippen LogP contribution in [-0.2, 0) is 9.84 Å². The highest BCUT2D eigenvalue weighted by Crippen LogP contribution is 2.12. The third-order valence-corrected chi connectivity index (χ3v) is 4.88. The largest absolute Gasteiger partial charge is 0.478 e. The minimum Gasteiger partial charge on any atom is -0.478 e. The van der Waals surface area contributed by atoms with Crippen LogP contribution in [0.1, 0.15) is 33.0 Å². The molecule has 1 aromatic heterocycles. The first kappa shape index (κ1) is 14.4. The lowest BCUT2D eigenvalue weighted by molar-refractivity contribution is 0.0694. The Morgan fingerprint density at radius 3 is 2.60 bits per heavy atom. The van der Waals surface area contributed by atoms with Crippen LogP contribution in [0.2, 0.25) is 0 Å². The summed E-state index contributed by atoms with van der Waals surface area (Å²) in [6, 6.07) is 2.22. The average Bonchev–Trinajstić information content (AvgIpc) is 2.68. The van der Waals surface area contributed by atoms with Gasteiger partial charge in [-0.25, -0.2) is 18.2 Å². The van der Waals surface area contributed by atoms with Gasteiger partial charge in [0.1, 0.15) is 5.69 Å². The predicted octanol–water partition coefficient (Wildman–Crippen LogP) is 0.00512. The van der Waals surface area contributed by atoms with E-state index >= 15 is 0 Å². The molecule has 0 saturated carbocycles. The van der Waals surface area contributed by atoms with Crippen molar-refractivity contribution in [3.8, 4) is 0 Å². The number of aromatic nitrogens is 1. The molecule has 0 aromatic carbocycles. The number of carbonyl (C=O) groups is 2. The minimum absolute atomic E-state index is 0.0324. The molecule has 2 heterocycles. The lowest BCUT2D eigenvalue weighted by Crippen LogP contribution is -2.36. The van der Waals surface area contributed by atoms with Gasteiger partial charge in [0.25, 0.3) is 5.91 Å². The van der Waals surface area contributed by atoms with Crippen LogP contribution in [0.5, 0.6) is 0 Å². The predicted molar refractivity (Wildman–Crippen MR) is 70.5 cm³/mol. The minimum atomic E-state index is -3.06. The number of aryl methyl sites for hydroxylation is 1. The first-order chi connectivity index (χ1) is 9.28. The molecule has 1 unspecified atom stereocenters. The van der Waals surface area contributed by atoms with E-state index in [0.717, 1.165) is 0 Å². The van der Waals surface area contributed by atoms with Crippen LogP contribution in [0.25, 0.3) is 0 Å². The second kappa shape index (κ2) is 5.20. The number of carboxylic acids is 1. The van der Waals surface area contributed by atoms with Gasteiger partial charge in [0.05, 0.1) is 22.8 Å². The van der Waals surface area contributed by atoms with E-state index in [0.29, 0.717) is 6.42 Å². The van der Waals surface area contributed by atoms with Gasteiger partial charge in [-0.3, -0.25) is 4.79 Å². The molecule has 1 aromatic rings. The van der Waals surface area contributed by atoms with E-state index in [9.17, 15) is 18.0 Å². The molecule has 7 nitrogen and oxygen atoms in total. The van der Waals surface area contributed by atoms with Crippen molar-refractivity contribution < 1.29 is 23.1 Å². The number of nitrogens with one attached hydrogen (secondary N) is 1. The fourth-order valence-corrected chi connectivity index (χ4v) is 3.76. The van der Waals surface area contributed by atoms with E-state index in [1.54, 1.807) is 0 Å². The van der Waals surface area contributed by atoms with Gasteiger partial charge in [-0.1, -0.05) is 0 Å². The molecule has 1 atom stereocenters. The van der Waals surface area contributed by atoms with E-state index in [2.05, 4.69) is 10.3 Å². The van der Waals surface area contributed by atoms with Crippen LogP contribution in [0, 0.1) is 6.92 Å². The highest BCUT2D eigenvalue weighted by atomic mass is 32.2. The van der Waals surface area contributed by atoms with Crippen LogP contribution in [-0.4, -0.2) is 47.9 Å². The Morgan fingerprint density at radius 1 is 1.40 bits per heavy atom. The van der Waals surface area contributed by atoms with Gasteiger partial charge in [-0.05, 0) is 25.5 Å². The fourth-order valence-electron chi connectivity index (χ4n) is 2.08. The molecule has 20 heavy (non-hydrogen) atoms. The van der Waals surface area contributed by atoms with Crippen LogP contribution in [0.3, 0.4) is 0 Å². The van der Waals surface area contributed by atoms with Gasteiger partial charge in [0.2, 0.25) is 0 Å². The molecule has 1 aliphatic heterocycles. The maximum Gasteiger partial charge on any atom is 0.337 e. The third-order valence-electron chi connectivity index (χ3n) is 3.12. The SMILES string of the molecule is Cc1nc(C(=O)NC2CCS(=O)(=O)C2)ccc1C(=O)O. The van der Waals surface area contributed by atoms with Gasteiger partial charge in [-0.2, -0.15) is 0 Å². The lowest BCUT2D eigenvalue weighted by atomic mass is 10.1. The Balaban J connectivity index is 2.10. The first-order valence-electron chi connectivity index (χ1n) is 6.01. The van der Waals surface area contributed by atoms with Crippen molar-refractivity contribution in [3.05, 3.63) is 29.1 Å². The van der Waals surface area contributed by atoms with E-state index in [1.165, 1.54) is 19.1 Å². The fraction of sp³-hybridized carbons (Fsp3) is 0.417. The van der Waals surface area contributed by atoms with Crippen molar-refractivity contribution >= 4 is 21.7 Å². The summed E-state index contributed by atoms with van der Waals surface area (Å²) in [5.41, 5.74) is 0.353. The Morgan fingerprint density at radius 2 is 2.10 bits per heavy atom. The van der Waals surface area contributed by atoms with E-state index in [1.807, 2.05) is 0 Å².